The van der Waals surface area contributed by atoms with Crippen LogP contribution in [0.15, 0.2) is 43.0 Å². The van der Waals surface area contributed by atoms with Gasteiger partial charge in [0.05, 0.1) is 24.5 Å². The van der Waals surface area contributed by atoms with E-state index in [1.807, 2.05) is 16.8 Å². The van der Waals surface area contributed by atoms with Crippen LogP contribution in [0.4, 0.5) is 4.79 Å². The summed E-state index contributed by atoms with van der Waals surface area (Å²) in [5.74, 6) is -0.238. The molecule has 2 aromatic rings. The number of carbonyl (C=O) groups excluding carboxylic acids is 2. The van der Waals surface area contributed by atoms with Crippen LogP contribution >= 0.6 is 0 Å². The molecule has 26 heavy (non-hydrogen) atoms. The van der Waals surface area contributed by atoms with Gasteiger partial charge in [-0.1, -0.05) is 12.1 Å². The van der Waals surface area contributed by atoms with E-state index in [1.54, 1.807) is 30.7 Å². The van der Waals surface area contributed by atoms with Crippen LogP contribution < -0.4 is 5.32 Å². The zero-order chi connectivity index (χ0) is 18.4. The van der Waals surface area contributed by atoms with E-state index in [9.17, 15) is 9.59 Å². The van der Waals surface area contributed by atoms with E-state index >= 15 is 0 Å². The SMILES string of the molecule is N#Cc1cccc(CN2C(=O)OC[C@H]2C(=O)NCCCn2ccnc2)c1. The summed E-state index contributed by atoms with van der Waals surface area (Å²) < 4.78 is 6.98. The fourth-order valence-corrected chi connectivity index (χ4v) is 2.79. The minimum atomic E-state index is -0.665. The van der Waals surface area contributed by atoms with E-state index in [1.165, 1.54) is 4.90 Å². The quantitative estimate of drug-likeness (QED) is 0.756. The molecule has 1 aromatic heterocycles. The van der Waals surface area contributed by atoms with Crippen molar-refractivity contribution in [2.45, 2.75) is 25.6 Å². The molecule has 0 bridgehead atoms. The molecule has 1 atom stereocenters. The molecular weight excluding hydrogens is 334 g/mol. The Bertz CT molecular complexity index is 812. The standard InChI is InChI=1S/C18H19N5O3/c19-10-14-3-1-4-15(9-14)11-23-16(12-26-18(23)25)17(24)21-5-2-7-22-8-6-20-13-22/h1,3-4,6,8-9,13,16H,2,5,7,11-12H2,(H,21,24)/t16-/m0/s1. The Morgan fingerprint density at radius 3 is 3.12 bits per heavy atom. The number of carbonyl (C=O) groups is 2. The Morgan fingerprint density at radius 1 is 1.46 bits per heavy atom. The molecule has 1 aliphatic heterocycles. The first-order valence-corrected chi connectivity index (χ1v) is 8.33. The molecular formula is C18H19N5O3. The highest BCUT2D eigenvalue weighted by molar-refractivity contribution is 5.87. The van der Waals surface area contributed by atoms with Gasteiger partial charge in [-0.05, 0) is 24.1 Å². The lowest BCUT2D eigenvalue weighted by Gasteiger charge is -2.21. The molecule has 1 saturated heterocycles. The van der Waals surface area contributed by atoms with E-state index in [2.05, 4.69) is 16.4 Å². The van der Waals surface area contributed by atoms with Crippen LogP contribution in [-0.2, 0) is 22.6 Å². The molecule has 0 aliphatic carbocycles. The lowest BCUT2D eigenvalue weighted by molar-refractivity contribution is -0.125. The summed E-state index contributed by atoms with van der Waals surface area (Å²) in [6.07, 6.45) is 5.53. The molecule has 2 heterocycles. The van der Waals surface area contributed by atoms with Gasteiger partial charge < -0.3 is 14.6 Å². The van der Waals surface area contributed by atoms with Crippen molar-refractivity contribution in [1.82, 2.24) is 19.8 Å². The first-order chi connectivity index (χ1) is 12.7. The number of nitriles is 1. The lowest BCUT2D eigenvalue weighted by atomic mass is 10.1. The van der Waals surface area contributed by atoms with Crippen molar-refractivity contribution in [3.8, 4) is 6.07 Å². The predicted octanol–water partition coefficient (Wildman–Crippen LogP) is 1.28. The number of hydrogen-bond acceptors (Lipinski definition) is 5. The Balaban J connectivity index is 1.54. The highest BCUT2D eigenvalue weighted by Gasteiger charge is 2.37. The summed E-state index contributed by atoms with van der Waals surface area (Å²) in [7, 11) is 0. The van der Waals surface area contributed by atoms with Gasteiger partial charge in [-0.25, -0.2) is 9.78 Å². The van der Waals surface area contributed by atoms with Crippen LogP contribution in [0.25, 0.3) is 0 Å². The number of nitrogens with one attached hydrogen (secondary N) is 1. The minimum absolute atomic E-state index is 0.0319. The van der Waals surface area contributed by atoms with Gasteiger partial charge in [-0.15, -0.1) is 0 Å². The summed E-state index contributed by atoms with van der Waals surface area (Å²) in [6, 6.07) is 8.35. The first kappa shape index (κ1) is 17.5. The monoisotopic (exact) mass is 353 g/mol. The molecule has 8 nitrogen and oxygen atoms in total. The van der Waals surface area contributed by atoms with Crippen LogP contribution in [0.3, 0.4) is 0 Å². The van der Waals surface area contributed by atoms with E-state index in [0.717, 1.165) is 18.5 Å². The fourth-order valence-electron chi connectivity index (χ4n) is 2.79. The second kappa shape index (κ2) is 8.16. The van der Waals surface area contributed by atoms with Crippen molar-refractivity contribution < 1.29 is 14.3 Å². The number of amides is 2. The molecule has 3 rings (SSSR count). The number of aryl methyl sites for hydroxylation is 1. The van der Waals surface area contributed by atoms with E-state index in [-0.39, 0.29) is 19.1 Å². The Hall–Kier alpha value is -3.34. The normalized spacial score (nSPS) is 16.2. The fraction of sp³-hybridized carbons (Fsp3) is 0.333. The Morgan fingerprint density at radius 2 is 2.35 bits per heavy atom. The van der Waals surface area contributed by atoms with Crippen molar-refractivity contribution in [2.24, 2.45) is 0 Å². The van der Waals surface area contributed by atoms with Crippen molar-refractivity contribution in [3.63, 3.8) is 0 Å². The molecule has 1 aliphatic rings. The molecule has 2 amide bonds. The molecule has 0 spiro atoms. The molecule has 0 saturated carbocycles. The van der Waals surface area contributed by atoms with Gasteiger partial charge in [0, 0.05) is 25.5 Å². The first-order valence-electron chi connectivity index (χ1n) is 8.33. The molecule has 1 aromatic carbocycles. The number of imidazole rings is 1. The highest BCUT2D eigenvalue weighted by atomic mass is 16.6. The topological polar surface area (TPSA) is 100 Å². The summed E-state index contributed by atoms with van der Waals surface area (Å²) in [4.78, 5) is 29.8. The highest BCUT2D eigenvalue weighted by Crippen LogP contribution is 2.17. The van der Waals surface area contributed by atoms with Gasteiger partial charge in [-0.2, -0.15) is 5.26 Å². The van der Waals surface area contributed by atoms with Gasteiger partial charge in [-0.3, -0.25) is 9.69 Å². The number of rotatable bonds is 7. The number of benzene rings is 1. The largest absolute Gasteiger partial charge is 0.447 e. The number of hydrogen-bond donors (Lipinski definition) is 1. The maximum atomic E-state index is 12.4. The lowest BCUT2D eigenvalue weighted by Crippen LogP contribution is -2.45. The van der Waals surface area contributed by atoms with Crippen LogP contribution in [-0.4, -0.2) is 45.6 Å². The molecule has 1 fully saturated rings. The van der Waals surface area contributed by atoms with Gasteiger partial charge >= 0.3 is 6.09 Å². The average Bonchev–Trinajstić information content (AvgIpc) is 3.29. The smallest absolute Gasteiger partial charge is 0.410 e. The van der Waals surface area contributed by atoms with Gasteiger partial charge in [0.2, 0.25) is 5.91 Å². The summed E-state index contributed by atoms with van der Waals surface area (Å²) in [5.41, 5.74) is 1.29. The number of ether oxygens (including phenoxy) is 1. The van der Waals surface area contributed by atoms with Gasteiger partial charge in [0.25, 0.3) is 0 Å². The summed E-state index contributed by atoms with van der Waals surface area (Å²) >= 11 is 0. The van der Waals surface area contributed by atoms with Gasteiger partial charge in [0.15, 0.2) is 0 Å². The van der Waals surface area contributed by atoms with E-state index in [0.29, 0.717) is 12.1 Å². The van der Waals surface area contributed by atoms with Crippen molar-refractivity contribution in [2.75, 3.05) is 13.2 Å². The predicted molar refractivity (Wildman–Crippen MR) is 91.7 cm³/mol. The summed E-state index contributed by atoms with van der Waals surface area (Å²) in [5, 5.41) is 11.8. The number of aromatic nitrogens is 2. The van der Waals surface area contributed by atoms with Gasteiger partial charge in [0.1, 0.15) is 12.6 Å². The average molecular weight is 353 g/mol. The van der Waals surface area contributed by atoms with E-state index < -0.39 is 12.1 Å². The van der Waals surface area contributed by atoms with Crippen LogP contribution in [0.1, 0.15) is 17.5 Å². The second-order valence-electron chi connectivity index (χ2n) is 5.98. The molecule has 134 valence electrons. The molecule has 1 N–H and O–H groups in total. The maximum absolute atomic E-state index is 12.4. The van der Waals surface area contributed by atoms with Crippen LogP contribution in [0.2, 0.25) is 0 Å². The third kappa shape index (κ3) is 4.19. The van der Waals surface area contributed by atoms with E-state index in [4.69, 9.17) is 10.00 Å². The van der Waals surface area contributed by atoms with Crippen LogP contribution in [0, 0.1) is 11.3 Å². The Kier molecular flexibility index (Phi) is 5.49. The second-order valence-corrected chi connectivity index (χ2v) is 5.98. The van der Waals surface area contributed by atoms with Crippen molar-refractivity contribution in [3.05, 3.63) is 54.1 Å². The summed E-state index contributed by atoms with van der Waals surface area (Å²) in [6.45, 7) is 1.51. The Labute approximate surface area is 151 Å². The van der Waals surface area contributed by atoms with Crippen molar-refractivity contribution >= 4 is 12.0 Å². The minimum Gasteiger partial charge on any atom is -0.447 e. The van der Waals surface area contributed by atoms with Crippen LogP contribution in [0.5, 0.6) is 0 Å². The zero-order valence-electron chi connectivity index (χ0n) is 14.2. The third-order valence-electron chi connectivity index (χ3n) is 4.14. The molecule has 0 unspecified atom stereocenters. The third-order valence-corrected chi connectivity index (χ3v) is 4.14. The molecule has 8 heteroatoms. The maximum Gasteiger partial charge on any atom is 0.410 e. The zero-order valence-corrected chi connectivity index (χ0v) is 14.2. The number of cyclic esters (lactones) is 1. The van der Waals surface area contributed by atoms with Crippen molar-refractivity contribution in [1.29, 1.82) is 5.26 Å². The molecule has 0 radical (unpaired) electrons. The number of nitrogens with zero attached hydrogens (tertiary/aromatic N) is 4.